The summed E-state index contributed by atoms with van der Waals surface area (Å²) in [5, 5.41) is 12.1. The molecule has 2 heterocycles. The van der Waals surface area contributed by atoms with Crippen LogP contribution >= 0.6 is 11.6 Å². The summed E-state index contributed by atoms with van der Waals surface area (Å²) in [5.41, 5.74) is 6.41. The van der Waals surface area contributed by atoms with Gasteiger partial charge in [0.15, 0.2) is 0 Å². The van der Waals surface area contributed by atoms with Crippen LogP contribution in [0.1, 0.15) is 36.6 Å². The number of fused-ring (bicyclic) bond motifs is 1. The predicted octanol–water partition coefficient (Wildman–Crippen LogP) is 3.44. The Balaban J connectivity index is 0.000000269. The third-order valence-electron chi connectivity index (χ3n) is 4.37. The number of carboxylic acid groups (broad SMARTS) is 1. The fourth-order valence-electron chi connectivity index (χ4n) is 2.82. The lowest BCUT2D eigenvalue weighted by atomic mass is 9.94. The molecule has 9 heteroatoms. The Morgan fingerprint density at radius 3 is 2.31 bits per heavy atom. The molecule has 2 aromatic carbocycles. The predicted molar refractivity (Wildman–Crippen MR) is 119 cm³/mol. The summed E-state index contributed by atoms with van der Waals surface area (Å²) in [6.45, 7) is 0. The average Bonchev–Trinajstić information content (AvgIpc) is 2.77. The van der Waals surface area contributed by atoms with Gasteiger partial charge in [-0.1, -0.05) is 23.7 Å². The molecule has 0 unspecified atom stereocenters. The zero-order valence-corrected chi connectivity index (χ0v) is 17.2. The molecule has 0 fully saturated rings. The number of nitrogens with one attached hydrogen (secondary N) is 1. The maximum absolute atomic E-state index is 12.5. The number of amides is 2. The summed E-state index contributed by atoms with van der Waals surface area (Å²) in [7, 11) is 0. The van der Waals surface area contributed by atoms with Crippen molar-refractivity contribution in [1.29, 1.82) is 0 Å². The zero-order valence-electron chi connectivity index (χ0n) is 16.4. The number of ketones is 1. The Morgan fingerprint density at radius 1 is 1.00 bits per heavy atom. The lowest BCUT2D eigenvalue weighted by Crippen LogP contribution is -2.27. The van der Waals surface area contributed by atoms with Gasteiger partial charge in [-0.05, 0) is 54.1 Å². The van der Waals surface area contributed by atoms with Crippen molar-refractivity contribution < 1.29 is 24.3 Å². The first-order valence-electron chi connectivity index (χ1n) is 9.16. The third-order valence-corrected chi connectivity index (χ3v) is 4.61. The molecule has 3 aromatic rings. The zero-order chi connectivity index (χ0) is 23.3. The number of hydrogen-bond acceptors (Lipinski definition) is 5. The number of carbonyl (C=O) groups excluding carboxylic acids is 3. The number of Topliss-reactive ketones (excluding diaryl/α,β-unsaturated/α-hetero) is 1. The Bertz CT molecular complexity index is 1260. The molecule has 1 aliphatic rings. The molecule has 0 aliphatic carbocycles. The number of nitrogens with two attached hydrogens (primary N) is 1. The second kappa shape index (κ2) is 9.67. The van der Waals surface area contributed by atoms with Gasteiger partial charge in [0.05, 0.1) is 16.8 Å². The third kappa shape index (κ3) is 5.24. The van der Waals surface area contributed by atoms with Crippen molar-refractivity contribution in [3.05, 3.63) is 99.8 Å². The molecule has 1 aliphatic heterocycles. The van der Waals surface area contributed by atoms with Gasteiger partial charge < -0.3 is 16.2 Å². The minimum atomic E-state index is -1.14. The van der Waals surface area contributed by atoms with E-state index in [9.17, 15) is 19.2 Å². The number of anilines is 1. The SMILES string of the molecule is NC(=O)c1ccncc1.O=C1Nc2ccc(C(=O)O)cc2C(=O)/C1=C/c1cccc(Cl)c1. The maximum atomic E-state index is 12.5. The van der Waals surface area contributed by atoms with E-state index in [1.165, 1.54) is 36.7 Å². The Kier molecular flexibility index (Phi) is 6.77. The van der Waals surface area contributed by atoms with Crippen LogP contribution in [0.25, 0.3) is 6.08 Å². The molecular formula is C23H16ClN3O5. The van der Waals surface area contributed by atoms with Crippen molar-refractivity contribution in [1.82, 2.24) is 4.98 Å². The minimum absolute atomic E-state index is 0.0182. The quantitative estimate of drug-likeness (QED) is 0.413. The van der Waals surface area contributed by atoms with Crippen molar-refractivity contribution in [2.75, 3.05) is 5.32 Å². The van der Waals surface area contributed by atoms with Crippen molar-refractivity contribution in [3.63, 3.8) is 0 Å². The van der Waals surface area contributed by atoms with Gasteiger partial charge >= 0.3 is 5.97 Å². The fraction of sp³-hybridized carbons (Fsp3) is 0. The highest BCUT2D eigenvalue weighted by molar-refractivity contribution is 6.36. The molecule has 32 heavy (non-hydrogen) atoms. The van der Waals surface area contributed by atoms with Crippen molar-refractivity contribution in [2.24, 2.45) is 5.73 Å². The van der Waals surface area contributed by atoms with E-state index >= 15 is 0 Å². The van der Waals surface area contributed by atoms with Crippen LogP contribution in [0.5, 0.6) is 0 Å². The Labute approximate surface area is 187 Å². The molecule has 4 rings (SSSR count). The van der Waals surface area contributed by atoms with E-state index in [2.05, 4.69) is 10.3 Å². The topological polar surface area (TPSA) is 139 Å². The molecule has 0 saturated carbocycles. The maximum Gasteiger partial charge on any atom is 0.335 e. The highest BCUT2D eigenvalue weighted by Gasteiger charge is 2.29. The fourth-order valence-corrected chi connectivity index (χ4v) is 3.02. The van der Waals surface area contributed by atoms with Crippen LogP contribution in [0.3, 0.4) is 0 Å². The normalized spacial score (nSPS) is 13.5. The Morgan fingerprint density at radius 2 is 1.72 bits per heavy atom. The summed E-state index contributed by atoms with van der Waals surface area (Å²) in [6, 6.07) is 13.9. The molecule has 0 bridgehead atoms. The summed E-state index contributed by atoms with van der Waals surface area (Å²) < 4.78 is 0. The van der Waals surface area contributed by atoms with E-state index in [1.807, 2.05) is 0 Å². The number of aromatic carboxylic acids is 1. The van der Waals surface area contributed by atoms with Crippen LogP contribution in [0.4, 0.5) is 5.69 Å². The second-order valence-corrected chi connectivity index (χ2v) is 7.00. The standard InChI is InChI=1S/C17H10ClNO4.C6H6N2O/c18-11-3-1-2-9(6-11)7-13-15(20)12-8-10(17(22)23)4-5-14(12)19-16(13)21;7-6(9)5-1-3-8-4-2-5/h1-8H,(H,19,21)(H,22,23);1-4H,(H2,7,9)/b13-7-;. The van der Waals surface area contributed by atoms with Gasteiger partial charge in [0.1, 0.15) is 0 Å². The van der Waals surface area contributed by atoms with Crippen molar-refractivity contribution in [2.45, 2.75) is 0 Å². The first kappa shape index (κ1) is 22.4. The lowest BCUT2D eigenvalue weighted by molar-refractivity contribution is -0.112. The summed E-state index contributed by atoms with van der Waals surface area (Å²) in [4.78, 5) is 49.8. The molecule has 160 valence electrons. The number of pyridine rings is 1. The van der Waals surface area contributed by atoms with E-state index < -0.39 is 23.6 Å². The average molecular weight is 450 g/mol. The number of hydrogen-bond donors (Lipinski definition) is 3. The largest absolute Gasteiger partial charge is 0.478 e. The van der Waals surface area contributed by atoms with Gasteiger partial charge in [-0.3, -0.25) is 19.4 Å². The number of benzene rings is 2. The van der Waals surface area contributed by atoms with Crippen LogP contribution in [-0.2, 0) is 4.79 Å². The summed E-state index contributed by atoms with van der Waals surface area (Å²) in [5.74, 6) is -2.62. The van der Waals surface area contributed by atoms with Crippen molar-refractivity contribution in [3.8, 4) is 0 Å². The number of carbonyl (C=O) groups is 4. The van der Waals surface area contributed by atoms with E-state index in [1.54, 1.807) is 36.4 Å². The van der Waals surface area contributed by atoms with Crippen LogP contribution in [0.2, 0.25) is 5.02 Å². The second-order valence-electron chi connectivity index (χ2n) is 6.56. The van der Waals surface area contributed by atoms with Gasteiger partial charge in [-0.2, -0.15) is 0 Å². The molecule has 0 atom stereocenters. The number of rotatable bonds is 3. The van der Waals surface area contributed by atoms with Gasteiger partial charge in [0.25, 0.3) is 5.91 Å². The van der Waals surface area contributed by atoms with E-state index in [0.717, 1.165) is 0 Å². The van der Waals surface area contributed by atoms with E-state index in [-0.39, 0.29) is 16.7 Å². The molecule has 8 nitrogen and oxygen atoms in total. The molecule has 0 saturated heterocycles. The van der Waals surface area contributed by atoms with Gasteiger partial charge in [0, 0.05) is 28.5 Å². The van der Waals surface area contributed by atoms with Crippen LogP contribution in [-0.4, -0.2) is 33.7 Å². The first-order chi connectivity index (χ1) is 15.3. The van der Waals surface area contributed by atoms with Crippen LogP contribution in [0, 0.1) is 0 Å². The number of primary amides is 1. The molecular weight excluding hydrogens is 434 g/mol. The summed E-state index contributed by atoms with van der Waals surface area (Å²) >= 11 is 5.89. The number of carboxylic acids is 1. The highest BCUT2D eigenvalue weighted by Crippen LogP contribution is 2.28. The van der Waals surface area contributed by atoms with Gasteiger partial charge in [-0.15, -0.1) is 0 Å². The highest BCUT2D eigenvalue weighted by atomic mass is 35.5. The molecule has 0 radical (unpaired) electrons. The molecule has 1 aromatic heterocycles. The van der Waals surface area contributed by atoms with Crippen molar-refractivity contribution >= 4 is 46.9 Å². The van der Waals surface area contributed by atoms with Gasteiger partial charge in [-0.25, -0.2) is 4.79 Å². The number of nitrogens with zero attached hydrogens (tertiary/aromatic N) is 1. The van der Waals surface area contributed by atoms with Gasteiger partial charge in [0.2, 0.25) is 11.7 Å². The molecule has 0 spiro atoms. The monoisotopic (exact) mass is 449 g/mol. The van der Waals surface area contributed by atoms with Crippen LogP contribution < -0.4 is 11.1 Å². The molecule has 4 N–H and O–H groups in total. The minimum Gasteiger partial charge on any atom is -0.478 e. The first-order valence-corrected chi connectivity index (χ1v) is 9.54. The Hall–Kier alpha value is -4.30. The van der Waals surface area contributed by atoms with Crippen LogP contribution in [0.15, 0.2) is 72.6 Å². The summed E-state index contributed by atoms with van der Waals surface area (Å²) in [6.07, 6.45) is 4.49. The lowest BCUT2D eigenvalue weighted by Gasteiger charge is -2.18. The number of halogens is 1. The van der Waals surface area contributed by atoms with E-state index in [0.29, 0.717) is 21.8 Å². The number of aromatic nitrogens is 1. The van der Waals surface area contributed by atoms with E-state index in [4.69, 9.17) is 22.4 Å². The smallest absolute Gasteiger partial charge is 0.335 e. The molecule has 2 amide bonds.